The van der Waals surface area contributed by atoms with Crippen LogP contribution in [-0.2, 0) is 14.3 Å². The molecule has 0 radical (unpaired) electrons. The number of rotatable bonds is 4. The van der Waals surface area contributed by atoms with Crippen molar-refractivity contribution in [1.82, 2.24) is 4.90 Å². The van der Waals surface area contributed by atoms with Gasteiger partial charge in [-0.1, -0.05) is 6.07 Å². The second-order valence-corrected chi connectivity index (χ2v) is 6.33. The molecule has 1 saturated carbocycles. The van der Waals surface area contributed by atoms with Gasteiger partial charge in [0.15, 0.2) is 0 Å². The van der Waals surface area contributed by atoms with E-state index >= 15 is 0 Å². The summed E-state index contributed by atoms with van der Waals surface area (Å²) in [6, 6.07) is 4.15. The van der Waals surface area contributed by atoms with Crippen molar-refractivity contribution < 1.29 is 14.3 Å². The predicted molar refractivity (Wildman–Crippen MR) is 83.2 cm³/mol. The van der Waals surface area contributed by atoms with Gasteiger partial charge in [-0.2, -0.15) is 0 Å². The van der Waals surface area contributed by atoms with E-state index < -0.39 is 0 Å². The van der Waals surface area contributed by atoms with Gasteiger partial charge in [-0.05, 0) is 37.3 Å². The van der Waals surface area contributed by atoms with Crippen molar-refractivity contribution in [2.75, 3.05) is 19.8 Å². The lowest BCUT2D eigenvalue weighted by atomic mass is 10.1. The quantitative estimate of drug-likeness (QED) is 0.803. The van der Waals surface area contributed by atoms with Crippen molar-refractivity contribution in [2.24, 2.45) is 0 Å². The SMILES string of the molecule is CCO[C@@H]1[C@H]2CC[C@H]1OCCN2C(=O)/C=C/c1cccs1. The van der Waals surface area contributed by atoms with Crippen molar-refractivity contribution in [2.45, 2.75) is 38.0 Å². The highest BCUT2D eigenvalue weighted by Crippen LogP contribution is 2.32. The molecule has 1 aromatic heterocycles. The van der Waals surface area contributed by atoms with E-state index in [9.17, 15) is 4.79 Å². The number of carbonyl (C=O) groups excluding carboxylic acids is 1. The van der Waals surface area contributed by atoms with Crippen LogP contribution < -0.4 is 0 Å². The standard InChI is InChI=1S/C16H21NO3S/c1-2-19-16-13-6-7-14(16)20-10-9-17(13)15(18)8-5-12-4-3-11-21-12/h3-5,8,11,13-14,16H,2,6-7,9-10H2,1H3/b8-5+/t13-,14-,16-/m1/s1. The maximum atomic E-state index is 12.5. The molecule has 114 valence electrons. The van der Waals surface area contributed by atoms with Crippen LogP contribution in [0.5, 0.6) is 0 Å². The molecule has 0 N–H and O–H groups in total. The molecule has 3 atom stereocenters. The summed E-state index contributed by atoms with van der Waals surface area (Å²) in [5.41, 5.74) is 0. The molecule has 1 saturated heterocycles. The largest absolute Gasteiger partial charge is 0.374 e. The van der Waals surface area contributed by atoms with Crippen LogP contribution in [0.15, 0.2) is 23.6 Å². The van der Waals surface area contributed by atoms with Crippen molar-refractivity contribution in [3.05, 3.63) is 28.5 Å². The molecule has 5 heteroatoms. The van der Waals surface area contributed by atoms with Gasteiger partial charge in [0, 0.05) is 24.1 Å². The van der Waals surface area contributed by atoms with Crippen LogP contribution in [0, 0.1) is 0 Å². The van der Waals surface area contributed by atoms with Crippen molar-refractivity contribution in [3.8, 4) is 0 Å². The summed E-state index contributed by atoms with van der Waals surface area (Å²) in [5, 5.41) is 2.01. The fourth-order valence-electron chi connectivity index (χ4n) is 3.21. The Kier molecular flexibility index (Phi) is 4.73. The number of fused-ring (bicyclic) bond motifs is 2. The third-order valence-corrected chi connectivity index (χ3v) is 4.97. The molecule has 1 amide bonds. The van der Waals surface area contributed by atoms with E-state index in [1.54, 1.807) is 17.4 Å². The van der Waals surface area contributed by atoms with Gasteiger partial charge in [0.1, 0.15) is 6.10 Å². The Morgan fingerprint density at radius 1 is 1.57 bits per heavy atom. The van der Waals surface area contributed by atoms with Crippen molar-refractivity contribution >= 4 is 23.3 Å². The first-order valence-corrected chi connectivity index (χ1v) is 8.43. The van der Waals surface area contributed by atoms with Crippen LogP contribution in [0.1, 0.15) is 24.6 Å². The average Bonchev–Trinajstić information content (AvgIpc) is 3.06. The number of ether oxygens (including phenoxy) is 2. The van der Waals surface area contributed by atoms with Gasteiger partial charge in [0.05, 0.1) is 18.8 Å². The van der Waals surface area contributed by atoms with Crippen LogP contribution in [0.3, 0.4) is 0 Å². The number of thiophene rings is 1. The molecular formula is C16H21NO3S. The Labute approximate surface area is 129 Å². The van der Waals surface area contributed by atoms with E-state index in [0.29, 0.717) is 19.8 Å². The first-order valence-electron chi connectivity index (χ1n) is 7.55. The maximum absolute atomic E-state index is 12.5. The van der Waals surface area contributed by atoms with Crippen LogP contribution in [0.25, 0.3) is 6.08 Å². The van der Waals surface area contributed by atoms with E-state index in [2.05, 4.69) is 0 Å². The number of amides is 1. The summed E-state index contributed by atoms with van der Waals surface area (Å²) in [6.45, 7) is 3.91. The van der Waals surface area contributed by atoms with Gasteiger partial charge in [-0.15, -0.1) is 11.3 Å². The summed E-state index contributed by atoms with van der Waals surface area (Å²) >= 11 is 1.63. The first-order chi connectivity index (χ1) is 10.3. The Balaban J connectivity index is 1.72. The molecule has 0 unspecified atom stereocenters. The number of hydrogen-bond donors (Lipinski definition) is 0. The molecule has 0 aromatic carbocycles. The van der Waals surface area contributed by atoms with E-state index in [0.717, 1.165) is 17.7 Å². The molecule has 2 bridgehead atoms. The van der Waals surface area contributed by atoms with Gasteiger partial charge < -0.3 is 14.4 Å². The molecule has 1 aliphatic heterocycles. The van der Waals surface area contributed by atoms with E-state index in [1.165, 1.54) is 0 Å². The molecule has 2 aliphatic rings. The molecule has 1 aliphatic carbocycles. The average molecular weight is 307 g/mol. The van der Waals surface area contributed by atoms with Crippen LogP contribution in [0.4, 0.5) is 0 Å². The molecule has 21 heavy (non-hydrogen) atoms. The summed E-state index contributed by atoms with van der Waals surface area (Å²) in [6.07, 6.45) is 5.68. The fourth-order valence-corrected chi connectivity index (χ4v) is 3.83. The second kappa shape index (κ2) is 6.73. The summed E-state index contributed by atoms with van der Waals surface area (Å²) in [7, 11) is 0. The highest BCUT2D eigenvalue weighted by molar-refractivity contribution is 7.10. The normalized spacial score (nSPS) is 29.0. The summed E-state index contributed by atoms with van der Waals surface area (Å²) in [4.78, 5) is 15.5. The smallest absolute Gasteiger partial charge is 0.247 e. The highest BCUT2D eigenvalue weighted by atomic mass is 32.1. The number of nitrogens with zero attached hydrogens (tertiary/aromatic N) is 1. The Bertz CT molecular complexity index is 500. The third-order valence-electron chi connectivity index (χ3n) is 4.13. The Morgan fingerprint density at radius 3 is 3.24 bits per heavy atom. The van der Waals surface area contributed by atoms with Gasteiger partial charge >= 0.3 is 0 Å². The molecule has 1 aromatic rings. The molecule has 2 fully saturated rings. The fraction of sp³-hybridized carbons (Fsp3) is 0.562. The van der Waals surface area contributed by atoms with E-state index in [-0.39, 0.29) is 24.2 Å². The minimum atomic E-state index is 0.0246. The summed E-state index contributed by atoms with van der Waals surface area (Å²) in [5.74, 6) is 0.0595. The van der Waals surface area contributed by atoms with Crippen molar-refractivity contribution in [3.63, 3.8) is 0 Å². The first kappa shape index (κ1) is 14.8. The maximum Gasteiger partial charge on any atom is 0.247 e. The van der Waals surface area contributed by atoms with Gasteiger partial charge in [0.25, 0.3) is 0 Å². The monoisotopic (exact) mass is 307 g/mol. The van der Waals surface area contributed by atoms with Crippen LogP contribution in [0.2, 0.25) is 0 Å². The molecule has 3 rings (SSSR count). The lowest BCUT2D eigenvalue weighted by molar-refractivity contribution is -0.130. The zero-order valence-corrected chi connectivity index (χ0v) is 13.1. The lowest BCUT2D eigenvalue weighted by Gasteiger charge is -2.30. The van der Waals surface area contributed by atoms with Gasteiger partial charge in [0.2, 0.25) is 5.91 Å². The van der Waals surface area contributed by atoms with Crippen LogP contribution >= 0.6 is 11.3 Å². The zero-order chi connectivity index (χ0) is 14.7. The van der Waals surface area contributed by atoms with E-state index in [1.807, 2.05) is 35.4 Å². The zero-order valence-electron chi connectivity index (χ0n) is 12.2. The Morgan fingerprint density at radius 2 is 2.48 bits per heavy atom. The highest BCUT2D eigenvalue weighted by Gasteiger charge is 2.44. The van der Waals surface area contributed by atoms with Crippen LogP contribution in [-0.4, -0.2) is 48.8 Å². The third kappa shape index (κ3) is 3.20. The van der Waals surface area contributed by atoms with Gasteiger partial charge in [-0.25, -0.2) is 0 Å². The van der Waals surface area contributed by atoms with Crippen molar-refractivity contribution in [1.29, 1.82) is 0 Å². The predicted octanol–water partition coefficient (Wildman–Crippen LogP) is 2.56. The second-order valence-electron chi connectivity index (χ2n) is 5.35. The number of carbonyl (C=O) groups is 1. The summed E-state index contributed by atoms with van der Waals surface area (Å²) < 4.78 is 11.7. The van der Waals surface area contributed by atoms with Gasteiger partial charge in [-0.3, -0.25) is 4.79 Å². The Hall–Kier alpha value is -1.17. The minimum absolute atomic E-state index is 0.0246. The molecule has 2 heterocycles. The molecule has 4 nitrogen and oxygen atoms in total. The molecule has 0 spiro atoms. The van der Waals surface area contributed by atoms with E-state index in [4.69, 9.17) is 9.47 Å². The minimum Gasteiger partial charge on any atom is -0.374 e. The topological polar surface area (TPSA) is 38.8 Å². The molecular weight excluding hydrogens is 286 g/mol. The number of hydrogen-bond acceptors (Lipinski definition) is 4. The lowest BCUT2D eigenvalue weighted by Crippen LogP contribution is -2.45.